The smallest absolute Gasteiger partial charge is 0.177 e. The largest absolute Gasteiger partial charge is 0.350 e. The average molecular weight is 469 g/mol. The fourth-order valence-corrected chi connectivity index (χ4v) is 5.97. The van der Waals surface area contributed by atoms with Gasteiger partial charge in [0.2, 0.25) is 0 Å². The highest BCUT2D eigenvalue weighted by molar-refractivity contribution is 7.82. The van der Waals surface area contributed by atoms with Crippen LogP contribution in [0.1, 0.15) is 111 Å². The van der Waals surface area contributed by atoms with Crippen molar-refractivity contribution in [2.45, 2.75) is 123 Å². The van der Waals surface area contributed by atoms with E-state index >= 15 is 0 Å². The third-order valence-corrected chi connectivity index (χ3v) is 8.33. The highest BCUT2D eigenvalue weighted by Crippen LogP contribution is 2.35. The fraction of sp³-hybridized carbons (Fsp3) is 0.920. The van der Waals surface area contributed by atoms with Gasteiger partial charge in [-0.1, -0.05) is 97.7 Å². The van der Waals surface area contributed by atoms with Gasteiger partial charge in [0.05, 0.1) is 5.54 Å². The Labute approximate surface area is 203 Å². The predicted molar refractivity (Wildman–Crippen MR) is 142 cm³/mol. The van der Waals surface area contributed by atoms with E-state index in [4.69, 9.17) is 24.4 Å². The summed E-state index contributed by atoms with van der Waals surface area (Å²) in [7, 11) is 0. The van der Waals surface area contributed by atoms with Crippen LogP contribution in [0, 0.1) is 11.8 Å². The Morgan fingerprint density at radius 2 is 1.39 bits per heavy atom. The molecule has 0 aromatic carbocycles. The van der Waals surface area contributed by atoms with E-state index in [-0.39, 0.29) is 11.8 Å². The summed E-state index contributed by atoms with van der Waals surface area (Å²) in [6, 6.07) is 0. The van der Waals surface area contributed by atoms with E-state index in [0.717, 1.165) is 36.0 Å². The highest BCUT2D eigenvalue weighted by atomic mass is 32.1. The van der Waals surface area contributed by atoms with Crippen LogP contribution in [0.15, 0.2) is 0 Å². The van der Waals surface area contributed by atoms with Gasteiger partial charge in [0, 0.05) is 13.1 Å². The van der Waals surface area contributed by atoms with Crippen LogP contribution in [-0.2, 0) is 0 Å². The van der Waals surface area contributed by atoms with Crippen LogP contribution in [0.3, 0.4) is 0 Å². The molecule has 0 bridgehead atoms. The lowest BCUT2D eigenvalue weighted by Crippen LogP contribution is -2.59. The van der Waals surface area contributed by atoms with Crippen molar-refractivity contribution in [3.8, 4) is 0 Å². The zero-order valence-corrected chi connectivity index (χ0v) is 22.2. The molecule has 1 saturated carbocycles. The van der Waals surface area contributed by atoms with Gasteiger partial charge in [-0.05, 0) is 49.7 Å². The van der Waals surface area contributed by atoms with Crippen molar-refractivity contribution in [1.29, 1.82) is 0 Å². The third-order valence-electron chi connectivity index (χ3n) is 7.44. The molecule has 1 saturated heterocycles. The molecule has 4 nitrogen and oxygen atoms in total. The molecule has 0 aromatic heterocycles. The Morgan fingerprint density at radius 1 is 0.871 bits per heavy atom. The van der Waals surface area contributed by atoms with Gasteiger partial charge in [0.25, 0.3) is 0 Å². The Bertz CT molecular complexity index is 528. The van der Waals surface area contributed by atoms with Crippen molar-refractivity contribution in [3.05, 3.63) is 0 Å². The summed E-state index contributed by atoms with van der Waals surface area (Å²) in [5.41, 5.74) is -0.0922. The van der Waals surface area contributed by atoms with Gasteiger partial charge in [-0.2, -0.15) is 0 Å². The SMILES string of the molecule is CCCCC(CC)CNC(NCC(CC)CCCC)N1C(=S)NC2(CCCCC2)C1=S. The first-order chi connectivity index (χ1) is 15.0. The Morgan fingerprint density at radius 3 is 1.84 bits per heavy atom. The van der Waals surface area contributed by atoms with Crippen LogP contribution >= 0.6 is 24.4 Å². The predicted octanol–water partition coefficient (Wildman–Crippen LogP) is 6.10. The molecule has 0 aromatic rings. The Balaban J connectivity index is 2.09. The monoisotopic (exact) mass is 468 g/mol. The Kier molecular flexibility index (Phi) is 12.2. The van der Waals surface area contributed by atoms with Crippen molar-refractivity contribution in [1.82, 2.24) is 20.9 Å². The fourth-order valence-electron chi connectivity index (χ4n) is 5.07. The van der Waals surface area contributed by atoms with Crippen molar-refractivity contribution >= 4 is 34.5 Å². The number of nitrogens with one attached hydrogen (secondary N) is 3. The van der Waals surface area contributed by atoms with Gasteiger partial charge in [0.15, 0.2) is 5.11 Å². The van der Waals surface area contributed by atoms with E-state index in [1.165, 1.54) is 70.6 Å². The minimum absolute atomic E-state index is 0.0137. The van der Waals surface area contributed by atoms with E-state index in [1.54, 1.807) is 0 Å². The molecule has 1 aliphatic carbocycles. The van der Waals surface area contributed by atoms with Crippen LogP contribution in [0.5, 0.6) is 0 Å². The summed E-state index contributed by atoms with van der Waals surface area (Å²) >= 11 is 11.9. The van der Waals surface area contributed by atoms with E-state index in [1.807, 2.05) is 0 Å². The first-order valence-corrected chi connectivity index (χ1v) is 13.9. The lowest BCUT2D eigenvalue weighted by molar-refractivity contribution is 0.253. The van der Waals surface area contributed by atoms with Crippen molar-refractivity contribution < 1.29 is 0 Å². The van der Waals surface area contributed by atoms with Crippen molar-refractivity contribution in [2.75, 3.05) is 13.1 Å². The number of nitrogens with zero attached hydrogens (tertiary/aromatic N) is 1. The van der Waals surface area contributed by atoms with Crippen LogP contribution in [-0.4, -0.2) is 39.9 Å². The lowest BCUT2D eigenvalue weighted by atomic mass is 9.82. The number of hydrogen-bond donors (Lipinski definition) is 3. The molecule has 31 heavy (non-hydrogen) atoms. The summed E-state index contributed by atoms with van der Waals surface area (Å²) in [6.07, 6.45) is 16.1. The molecule has 1 aliphatic heterocycles. The zero-order chi connectivity index (χ0) is 22.7. The normalized spacial score (nSPS) is 21.4. The van der Waals surface area contributed by atoms with E-state index in [2.05, 4.69) is 48.5 Å². The first-order valence-electron chi connectivity index (χ1n) is 13.1. The van der Waals surface area contributed by atoms with Gasteiger partial charge >= 0.3 is 0 Å². The zero-order valence-electron chi connectivity index (χ0n) is 20.6. The molecule has 180 valence electrons. The van der Waals surface area contributed by atoms with Gasteiger partial charge in [-0.25, -0.2) is 0 Å². The second kappa shape index (κ2) is 14.1. The standard InChI is InChI=1S/C25H48N4S2/c1-5-9-14-20(7-3)18-26-23(27-19-21(8-4)15-10-6-2)29-22(30)25(28-24(29)31)16-12-11-13-17-25/h20-21,23,26-27H,5-19H2,1-4H3,(H,28,31). The minimum Gasteiger partial charge on any atom is -0.350 e. The first kappa shape index (κ1) is 26.9. The summed E-state index contributed by atoms with van der Waals surface area (Å²) in [5, 5.41) is 12.1. The molecule has 2 rings (SSSR count). The molecule has 1 spiro atoms. The lowest BCUT2D eigenvalue weighted by Gasteiger charge is -2.36. The maximum absolute atomic E-state index is 6.08. The number of thiocarbonyl (C=S) groups is 2. The molecule has 2 unspecified atom stereocenters. The molecule has 0 amide bonds. The summed E-state index contributed by atoms with van der Waals surface area (Å²) < 4.78 is 0. The Hall–Kier alpha value is -0.300. The van der Waals surface area contributed by atoms with Crippen LogP contribution < -0.4 is 16.0 Å². The molecular formula is C25H48N4S2. The molecule has 2 fully saturated rings. The van der Waals surface area contributed by atoms with E-state index in [9.17, 15) is 0 Å². The van der Waals surface area contributed by atoms with Gasteiger partial charge < -0.3 is 5.32 Å². The molecule has 1 heterocycles. The molecule has 3 N–H and O–H groups in total. The van der Waals surface area contributed by atoms with E-state index < -0.39 is 0 Å². The molecular weight excluding hydrogens is 420 g/mol. The maximum atomic E-state index is 6.08. The van der Waals surface area contributed by atoms with Crippen molar-refractivity contribution in [2.24, 2.45) is 11.8 Å². The van der Waals surface area contributed by atoms with Gasteiger partial charge in [-0.3, -0.25) is 15.5 Å². The third kappa shape index (κ3) is 7.62. The summed E-state index contributed by atoms with van der Waals surface area (Å²) in [5.74, 6) is 1.40. The van der Waals surface area contributed by atoms with Crippen LogP contribution in [0.4, 0.5) is 0 Å². The minimum atomic E-state index is -0.0922. The number of rotatable bonds is 15. The van der Waals surface area contributed by atoms with Crippen LogP contribution in [0.25, 0.3) is 0 Å². The second-order valence-electron chi connectivity index (χ2n) is 9.80. The molecule has 2 aliphatic rings. The summed E-state index contributed by atoms with van der Waals surface area (Å²) in [4.78, 5) is 3.21. The number of unbranched alkanes of at least 4 members (excludes halogenated alkanes) is 2. The van der Waals surface area contributed by atoms with Gasteiger partial charge in [-0.15, -0.1) is 0 Å². The molecule has 0 radical (unpaired) electrons. The topological polar surface area (TPSA) is 39.3 Å². The molecule has 2 atom stereocenters. The second-order valence-corrected chi connectivity index (χ2v) is 10.6. The highest BCUT2D eigenvalue weighted by Gasteiger charge is 2.48. The van der Waals surface area contributed by atoms with Crippen LogP contribution in [0.2, 0.25) is 0 Å². The molecule has 6 heteroatoms. The van der Waals surface area contributed by atoms with E-state index in [0.29, 0.717) is 11.8 Å². The summed E-state index contributed by atoms with van der Waals surface area (Å²) in [6.45, 7) is 11.2. The quantitative estimate of drug-likeness (QED) is 0.199. The number of hydrogen-bond acceptors (Lipinski definition) is 4. The van der Waals surface area contributed by atoms with Crippen molar-refractivity contribution in [3.63, 3.8) is 0 Å². The maximum Gasteiger partial charge on any atom is 0.177 e. The average Bonchev–Trinajstić information content (AvgIpc) is 3.01. The van der Waals surface area contributed by atoms with Gasteiger partial charge in [0.1, 0.15) is 11.3 Å².